The summed E-state index contributed by atoms with van der Waals surface area (Å²) in [5.74, 6) is 0.443. The monoisotopic (exact) mass is 388 g/mol. The lowest BCUT2D eigenvalue weighted by Crippen LogP contribution is -2.02. The zero-order valence-corrected chi connectivity index (χ0v) is 16.7. The predicted octanol–water partition coefficient (Wildman–Crippen LogP) is 5.98. The fourth-order valence-electron chi connectivity index (χ4n) is 3.90. The first-order valence-corrected chi connectivity index (χ1v) is 10.2. The third-order valence-corrected chi connectivity index (χ3v) is 5.55. The van der Waals surface area contributed by atoms with Crippen molar-refractivity contribution in [2.75, 3.05) is 0 Å². The minimum Gasteiger partial charge on any atom is -0.478 e. The number of carbonyl (C=O) groups is 2. The Labute approximate surface area is 167 Å². The van der Waals surface area contributed by atoms with Gasteiger partial charge in [0.05, 0.1) is 5.03 Å². The van der Waals surface area contributed by atoms with Crippen molar-refractivity contribution in [2.24, 2.45) is 17.8 Å². The molecule has 1 N–H and O–H groups in total. The van der Waals surface area contributed by atoms with Crippen molar-refractivity contribution in [3.05, 3.63) is 59.2 Å². The van der Waals surface area contributed by atoms with Gasteiger partial charge >= 0.3 is 5.97 Å². The number of halogens is 1. The van der Waals surface area contributed by atoms with Crippen LogP contribution in [0.15, 0.2) is 59.2 Å². The normalized spacial score (nSPS) is 27.6. The van der Waals surface area contributed by atoms with E-state index in [1.165, 1.54) is 32.1 Å². The molecule has 4 heteroatoms. The van der Waals surface area contributed by atoms with E-state index in [1.807, 2.05) is 30.4 Å². The van der Waals surface area contributed by atoms with Gasteiger partial charge in [-0.25, -0.2) is 4.79 Å². The third kappa shape index (κ3) is 6.99. The molecule has 1 fully saturated rings. The van der Waals surface area contributed by atoms with Gasteiger partial charge < -0.3 is 5.11 Å². The first kappa shape index (κ1) is 21.4. The molecular weight excluding hydrogens is 360 g/mol. The van der Waals surface area contributed by atoms with Gasteiger partial charge in [0.15, 0.2) is 0 Å². The highest BCUT2D eigenvalue weighted by Crippen LogP contribution is 2.35. The fourth-order valence-corrected chi connectivity index (χ4v) is 4.17. The molecule has 0 aromatic carbocycles. The van der Waals surface area contributed by atoms with Crippen LogP contribution in [0.3, 0.4) is 0 Å². The van der Waals surface area contributed by atoms with Crippen LogP contribution in [0.1, 0.15) is 51.9 Å². The van der Waals surface area contributed by atoms with Crippen LogP contribution in [0.5, 0.6) is 0 Å². The van der Waals surface area contributed by atoms with Gasteiger partial charge in [-0.05, 0) is 43.9 Å². The topological polar surface area (TPSA) is 54.4 Å². The van der Waals surface area contributed by atoms with Crippen LogP contribution in [0, 0.1) is 17.8 Å². The minimum atomic E-state index is -0.945. The predicted molar refractivity (Wildman–Crippen MR) is 111 cm³/mol. The van der Waals surface area contributed by atoms with Gasteiger partial charge in [0, 0.05) is 17.6 Å². The van der Waals surface area contributed by atoms with Gasteiger partial charge in [-0.3, -0.25) is 4.79 Å². The molecule has 27 heavy (non-hydrogen) atoms. The lowest BCUT2D eigenvalue weighted by Gasteiger charge is -2.07. The van der Waals surface area contributed by atoms with Gasteiger partial charge in [-0.1, -0.05) is 73.9 Å². The summed E-state index contributed by atoms with van der Waals surface area (Å²) in [4.78, 5) is 22.7. The number of aliphatic carboxylic acids is 1. The molecule has 3 nitrogen and oxygen atoms in total. The van der Waals surface area contributed by atoms with Gasteiger partial charge in [0.1, 0.15) is 0 Å². The van der Waals surface area contributed by atoms with Crippen LogP contribution >= 0.6 is 11.6 Å². The average Bonchev–Trinajstić information content (AvgIpc) is 3.17. The number of Topliss-reactive ketones (excluding diaryl/α,β-unsaturated/α-hetero) is 1. The van der Waals surface area contributed by atoms with E-state index in [4.69, 9.17) is 16.7 Å². The first-order valence-electron chi connectivity index (χ1n) is 9.86. The van der Waals surface area contributed by atoms with Crippen molar-refractivity contribution in [2.45, 2.75) is 51.9 Å². The van der Waals surface area contributed by atoms with Crippen molar-refractivity contribution in [3.8, 4) is 0 Å². The zero-order valence-electron chi connectivity index (χ0n) is 15.9. The molecule has 0 heterocycles. The highest BCUT2D eigenvalue weighted by Gasteiger charge is 2.27. The number of ketones is 1. The van der Waals surface area contributed by atoms with Gasteiger partial charge in [0.25, 0.3) is 0 Å². The van der Waals surface area contributed by atoms with Gasteiger partial charge in [-0.15, -0.1) is 0 Å². The fraction of sp³-hybridized carbons (Fsp3) is 0.478. The molecule has 0 aromatic heterocycles. The largest absolute Gasteiger partial charge is 0.478 e. The van der Waals surface area contributed by atoms with Crippen LogP contribution in [0.2, 0.25) is 0 Å². The van der Waals surface area contributed by atoms with E-state index in [0.717, 1.165) is 17.6 Å². The molecule has 146 valence electrons. The second-order valence-corrected chi connectivity index (χ2v) is 7.78. The van der Waals surface area contributed by atoms with Crippen molar-refractivity contribution in [3.63, 3.8) is 0 Å². The molecule has 2 aliphatic rings. The number of allylic oxidation sites excluding steroid dienone is 9. The standard InChI is InChI=1S/C23H29ClO3/c1-2-8-17-13-14-18(15-17)9-7-11-20-19(16-21(24)23(20)27)10-5-3-4-6-12-22(25)26/h3,5-7,9,11-12,16-19H,2,4,8,10,13-15H2,1H3,(H,25,26)/b5-3+,9-7+,12-6+,20-11-. The Morgan fingerprint density at radius 1 is 1.30 bits per heavy atom. The Balaban J connectivity index is 1.90. The second kappa shape index (κ2) is 11.1. The smallest absolute Gasteiger partial charge is 0.327 e. The molecule has 2 aliphatic carbocycles. The Bertz CT molecular complexity index is 682. The first-order chi connectivity index (χ1) is 13.0. The quantitative estimate of drug-likeness (QED) is 0.390. The summed E-state index contributed by atoms with van der Waals surface area (Å²) < 4.78 is 0. The molecule has 3 atom stereocenters. The summed E-state index contributed by atoms with van der Waals surface area (Å²) in [5.41, 5.74) is 0.741. The van der Waals surface area contributed by atoms with E-state index in [1.54, 1.807) is 6.08 Å². The maximum atomic E-state index is 12.3. The molecule has 1 saturated carbocycles. The van der Waals surface area contributed by atoms with Gasteiger partial charge in [0.2, 0.25) is 5.78 Å². The Morgan fingerprint density at radius 2 is 2.11 bits per heavy atom. The minimum absolute atomic E-state index is 0.00855. The molecule has 3 unspecified atom stereocenters. The van der Waals surface area contributed by atoms with Crippen LogP contribution in [0.25, 0.3) is 0 Å². The van der Waals surface area contributed by atoms with E-state index >= 15 is 0 Å². The highest BCUT2D eigenvalue weighted by molar-refractivity contribution is 6.46. The van der Waals surface area contributed by atoms with Crippen molar-refractivity contribution in [1.82, 2.24) is 0 Å². The number of carboxylic acids is 1. The maximum Gasteiger partial charge on any atom is 0.327 e. The van der Waals surface area contributed by atoms with Crippen molar-refractivity contribution < 1.29 is 14.7 Å². The van der Waals surface area contributed by atoms with E-state index in [2.05, 4.69) is 13.0 Å². The SMILES string of the molecule is CCCC1CCC(/C=C/C=C2\C(=O)C(Cl)=CC2C/C=C/C/C=C/C(=O)O)C1. The lowest BCUT2D eigenvalue weighted by atomic mass is 9.96. The van der Waals surface area contributed by atoms with Crippen molar-refractivity contribution in [1.29, 1.82) is 0 Å². The number of carbonyl (C=O) groups excluding carboxylic acids is 1. The molecule has 0 radical (unpaired) electrons. The van der Waals surface area contributed by atoms with Crippen LogP contribution in [-0.4, -0.2) is 16.9 Å². The summed E-state index contributed by atoms with van der Waals surface area (Å²) in [6.07, 6.45) is 22.2. The number of carboxylic acid groups (broad SMARTS) is 1. The van der Waals surface area contributed by atoms with Crippen LogP contribution in [0.4, 0.5) is 0 Å². The molecule has 0 bridgehead atoms. The molecule has 0 amide bonds. The third-order valence-electron chi connectivity index (χ3n) is 5.25. The maximum absolute atomic E-state index is 12.3. The van der Waals surface area contributed by atoms with Crippen LogP contribution in [-0.2, 0) is 9.59 Å². The number of rotatable bonds is 9. The Morgan fingerprint density at radius 3 is 2.85 bits per heavy atom. The molecule has 0 aromatic rings. The summed E-state index contributed by atoms with van der Waals surface area (Å²) in [5, 5.41) is 8.85. The lowest BCUT2D eigenvalue weighted by molar-refractivity contribution is -0.131. The second-order valence-electron chi connectivity index (χ2n) is 7.37. The molecule has 0 spiro atoms. The molecule has 0 saturated heterocycles. The summed E-state index contributed by atoms with van der Waals surface area (Å²) >= 11 is 6.06. The molecular formula is C23H29ClO3. The zero-order chi connectivity index (χ0) is 19.6. The highest BCUT2D eigenvalue weighted by atomic mass is 35.5. The van der Waals surface area contributed by atoms with E-state index < -0.39 is 5.97 Å². The van der Waals surface area contributed by atoms with Crippen LogP contribution < -0.4 is 0 Å². The Hall–Kier alpha value is -1.87. The van der Waals surface area contributed by atoms with E-state index in [0.29, 0.717) is 23.8 Å². The number of hydrogen-bond donors (Lipinski definition) is 1. The Kier molecular flexibility index (Phi) is 8.80. The average molecular weight is 389 g/mol. The summed E-state index contributed by atoms with van der Waals surface area (Å²) in [6, 6.07) is 0. The van der Waals surface area contributed by atoms with Crippen molar-refractivity contribution >= 4 is 23.4 Å². The van der Waals surface area contributed by atoms with E-state index in [9.17, 15) is 9.59 Å². The number of hydrogen-bond acceptors (Lipinski definition) is 2. The van der Waals surface area contributed by atoms with E-state index in [-0.39, 0.29) is 11.7 Å². The van der Waals surface area contributed by atoms with Gasteiger partial charge in [-0.2, -0.15) is 0 Å². The summed E-state index contributed by atoms with van der Waals surface area (Å²) in [6.45, 7) is 2.24. The summed E-state index contributed by atoms with van der Waals surface area (Å²) in [7, 11) is 0. The molecule has 2 rings (SSSR count). The molecule has 0 aliphatic heterocycles.